The summed E-state index contributed by atoms with van der Waals surface area (Å²) in [5.41, 5.74) is 0. The van der Waals surface area contributed by atoms with Crippen LogP contribution in [0.3, 0.4) is 0 Å². The van der Waals surface area contributed by atoms with Crippen LogP contribution < -0.4 is 5.32 Å². The molecular formula is C3H7NO2. The third-order valence-electron chi connectivity index (χ3n) is 0.816. The maximum atomic E-state index is 8.41. The van der Waals surface area contributed by atoms with Gasteiger partial charge in [0.25, 0.3) is 0 Å². The first-order valence-corrected chi connectivity index (χ1v) is 1.86. The van der Waals surface area contributed by atoms with E-state index in [9.17, 15) is 0 Å². The van der Waals surface area contributed by atoms with Gasteiger partial charge in [-0.05, 0) is 0 Å². The van der Waals surface area contributed by atoms with Gasteiger partial charge in [-0.3, -0.25) is 0 Å². The van der Waals surface area contributed by atoms with Crippen molar-refractivity contribution in [3.8, 4) is 0 Å². The summed E-state index contributed by atoms with van der Waals surface area (Å²) in [4.78, 5) is 0. The molecule has 0 unspecified atom stereocenters. The normalized spacial score (nSPS) is 29.0. The van der Waals surface area contributed by atoms with Crippen molar-refractivity contribution in [2.75, 3.05) is 13.1 Å². The van der Waals surface area contributed by atoms with Gasteiger partial charge in [-0.1, -0.05) is 0 Å². The van der Waals surface area contributed by atoms with Crippen LogP contribution in [0, 0.1) is 0 Å². The predicted octanol–water partition coefficient (Wildman–Crippen LogP) is -1.73. The molecule has 1 heterocycles. The zero-order valence-electron chi connectivity index (χ0n) is 3.31. The Morgan fingerprint density at radius 2 is 1.67 bits per heavy atom. The van der Waals surface area contributed by atoms with Crippen molar-refractivity contribution < 1.29 is 10.2 Å². The van der Waals surface area contributed by atoms with E-state index in [4.69, 9.17) is 10.2 Å². The summed E-state index contributed by atoms with van der Waals surface area (Å²) in [7, 11) is 0. The Labute approximate surface area is 35.6 Å². The van der Waals surface area contributed by atoms with Gasteiger partial charge in [-0.2, -0.15) is 0 Å². The van der Waals surface area contributed by atoms with Gasteiger partial charge >= 0.3 is 0 Å². The highest BCUT2D eigenvalue weighted by atomic mass is 16.5. The topological polar surface area (TPSA) is 52.5 Å². The molecule has 36 valence electrons. The molecule has 6 heavy (non-hydrogen) atoms. The lowest BCUT2D eigenvalue weighted by Crippen LogP contribution is -2.59. The van der Waals surface area contributed by atoms with Crippen LogP contribution in [0.15, 0.2) is 0 Å². The molecule has 0 spiro atoms. The highest BCUT2D eigenvalue weighted by Crippen LogP contribution is 2.02. The van der Waals surface area contributed by atoms with E-state index in [1.165, 1.54) is 0 Å². The molecule has 0 saturated carbocycles. The largest absolute Gasteiger partial charge is 0.364 e. The number of β-amino-alcohol motifs (C(OH)–C–C–N with tert-alkyl or cyclic N) is 2. The fourth-order valence-corrected chi connectivity index (χ4v) is 0.349. The van der Waals surface area contributed by atoms with E-state index in [2.05, 4.69) is 5.32 Å². The second-order valence-corrected chi connectivity index (χ2v) is 1.59. The summed E-state index contributed by atoms with van der Waals surface area (Å²) in [6.07, 6.45) is 0. The Bertz CT molecular complexity index is 55.8. The van der Waals surface area contributed by atoms with Crippen LogP contribution in [0.1, 0.15) is 0 Å². The van der Waals surface area contributed by atoms with Gasteiger partial charge in [-0.15, -0.1) is 0 Å². The average molecular weight is 89.1 g/mol. The summed E-state index contributed by atoms with van der Waals surface area (Å²) in [5, 5.41) is 19.5. The Morgan fingerprint density at radius 3 is 1.67 bits per heavy atom. The van der Waals surface area contributed by atoms with Gasteiger partial charge in [0, 0.05) is 0 Å². The van der Waals surface area contributed by atoms with Crippen LogP contribution in [0.5, 0.6) is 0 Å². The Morgan fingerprint density at radius 1 is 1.33 bits per heavy atom. The molecule has 3 N–H and O–H groups in total. The van der Waals surface area contributed by atoms with Crippen LogP contribution in [0.25, 0.3) is 0 Å². The van der Waals surface area contributed by atoms with E-state index in [1.54, 1.807) is 0 Å². The highest BCUT2D eigenvalue weighted by molar-refractivity contribution is 4.80. The molecule has 3 nitrogen and oxygen atoms in total. The summed E-state index contributed by atoms with van der Waals surface area (Å²) in [5.74, 6) is -1.39. The Hall–Kier alpha value is -0.120. The van der Waals surface area contributed by atoms with Crippen LogP contribution in [0.4, 0.5) is 0 Å². The van der Waals surface area contributed by atoms with Crippen LogP contribution >= 0.6 is 0 Å². The maximum absolute atomic E-state index is 8.41. The van der Waals surface area contributed by atoms with Crippen molar-refractivity contribution >= 4 is 0 Å². The Kier molecular flexibility index (Phi) is 0.629. The van der Waals surface area contributed by atoms with Crippen molar-refractivity contribution in [3.63, 3.8) is 0 Å². The van der Waals surface area contributed by atoms with Gasteiger partial charge in [0.2, 0.25) is 0 Å². The SMILES string of the molecule is OC1(O)CNC1. The van der Waals surface area contributed by atoms with E-state index < -0.39 is 5.79 Å². The molecule has 0 aromatic carbocycles. The molecule has 1 fully saturated rings. The van der Waals surface area contributed by atoms with Crippen molar-refractivity contribution in [2.24, 2.45) is 0 Å². The van der Waals surface area contributed by atoms with Gasteiger partial charge in [0.15, 0.2) is 5.79 Å². The average Bonchev–Trinajstić information content (AvgIpc) is 1.32. The quantitative estimate of drug-likeness (QED) is 0.309. The third kappa shape index (κ3) is 0.518. The van der Waals surface area contributed by atoms with E-state index >= 15 is 0 Å². The third-order valence-corrected chi connectivity index (χ3v) is 0.816. The van der Waals surface area contributed by atoms with E-state index in [-0.39, 0.29) is 0 Å². The second kappa shape index (κ2) is 0.932. The molecule has 0 atom stereocenters. The first kappa shape index (κ1) is 4.05. The number of nitrogens with one attached hydrogen (secondary N) is 1. The van der Waals surface area contributed by atoms with E-state index in [0.29, 0.717) is 13.1 Å². The molecule has 0 amide bonds. The molecule has 0 radical (unpaired) electrons. The van der Waals surface area contributed by atoms with E-state index in [1.807, 2.05) is 0 Å². The molecule has 1 aliphatic rings. The van der Waals surface area contributed by atoms with Crippen molar-refractivity contribution in [2.45, 2.75) is 5.79 Å². The summed E-state index contributed by atoms with van der Waals surface area (Å²) in [6.45, 7) is 0.625. The second-order valence-electron chi connectivity index (χ2n) is 1.59. The summed E-state index contributed by atoms with van der Waals surface area (Å²) < 4.78 is 0. The van der Waals surface area contributed by atoms with Gasteiger partial charge in [0.1, 0.15) is 0 Å². The first-order chi connectivity index (χ1) is 2.71. The van der Waals surface area contributed by atoms with Crippen molar-refractivity contribution in [1.29, 1.82) is 0 Å². The van der Waals surface area contributed by atoms with Crippen LogP contribution in [0.2, 0.25) is 0 Å². The monoisotopic (exact) mass is 89.0 g/mol. The standard InChI is InChI=1S/C3H7NO2/c5-3(6)1-4-2-3/h4-6H,1-2H2. The fraction of sp³-hybridized carbons (Fsp3) is 1.00. The smallest absolute Gasteiger partial charge is 0.188 e. The minimum atomic E-state index is -1.39. The van der Waals surface area contributed by atoms with Crippen LogP contribution in [-0.2, 0) is 0 Å². The molecular weight excluding hydrogens is 82.0 g/mol. The highest BCUT2D eigenvalue weighted by Gasteiger charge is 2.30. The molecule has 0 aromatic heterocycles. The lowest BCUT2D eigenvalue weighted by molar-refractivity contribution is -0.190. The zero-order chi connectivity index (χ0) is 4.62. The lowest BCUT2D eigenvalue weighted by Gasteiger charge is -2.31. The molecule has 1 rings (SSSR count). The van der Waals surface area contributed by atoms with Gasteiger partial charge < -0.3 is 15.5 Å². The fourth-order valence-electron chi connectivity index (χ4n) is 0.349. The van der Waals surface area contributed by atoms with Crippen LogP contribution in [-0.4, -0.2) is 29.1 Å². The summed E-state index contributed by atoms with van der Waals surface area (Å²) >= 11 is 0. The number of hydrogen-bond acceptors (Lipinski definition) is 3. The molecule has 0 aliphatic carbocycles. The molecule has 0 bridgehead atoms. The Balaban J connectivity index is 2.31. The molecule has 1 saturated heterocycles. The minimum absolute atomic E-state index is 0.312. The number of aliphatic hydroxyl groups is 2. The lowest BCUT2D eigenvalue weighted by atomic mass is 10.2. The molecule has 3 heteroatoms. The summed E-state index contributed by atoms with van der Waals surface area (Å²) in [6, 6.07) is 0. The van der Waals surface area contributed by atoms with E-state index in [0.717, 1.165) is 0 Å². The van der Waals surface area contributed by atoms with Crippen molar-refractivity contribution in [1.82, 2.24) is 5.32 Å². The number of hydrogen-bond donors (Lipinski definition) is 3. The number of rotatable bonds is 0. The zero-order valence-corrected chi connectivity index (χ0v) is 3.31. The van der Waals surface area contributed by atoms with Gasteiger partial charge in [-0.25, -0.2) is 0 Å². The van der Waals surface area contributed by atoms with Crippen molar-refractivity contribution in [3.05, 3.63) is 0 Å². The molecule has 1 aliphatic heterocycles. The maximum Gasteiger partial charge on any atom is 0.188 e. The first-order valence-electron chi connectivity index (χ1n) is 1.86. The minimum Gasteiger partial charge on any atom is -0.364 e. The van der Waals surface area contributed by atoms with Gasteiger partial charge in [0.05, 0.1) is 13.1 Å². The molecule has 0 aromatic rings. The predicted molar refractivity (Wildman–Crippen MR) is 20.0 cm³/mol.